The van der Waals surface area contributed by atoms with Crippen LogP contribution >= 0.6 is 34.2 Å². The van der Waals surface area contributed by atoms with Gasteiger partial charge in [0.05, 0.1) is 5.02 Å². The molecular weight excluding hydrogens is 387 g/mol. The second kappa shape index (κ2) is 5.14. The van der Waals surface area contributed by atoms with Crippen molar-refractivity contribution in [2.24, 2.45) is 16.6 Å². The van der Waals surface area contributed by atoms with Crippen molar-refractivity contribution in [3.05, 3.63) is 32.4 Å². The zero-order valence-corrected chi connectivity index (χ0v) is 15.0. The smallest absolute Gasteiger partial charge is 0.251 e. The van der Waals surface area contributed by atoms with Crippen LogP contribution < -0.4 is 11.1 Å². The number of benzene rings is 1. The second-order valence-electron chi connectivity index (χ2n) is 6.66. The average molecular weight is 407 g/mol. The number of hydrogen-bond donors (Lipinski definition) is 2. The summed E-state index contributed by atoms with van der Waals surface area (Å²) in [5.74, 6) is -0.0960. The Balaban J connectivity index is 2.18. The molecular formula is C15H20ClIN2O. The third kappa shape index (κ3) is 2.46. The van der Waals surface area contributed by atoms with Gasteiger partial charge in [-0.15, -0.1) is 0 Å². The number of rotatable bonds is 2. The van der Waals surface area contributed by atoms with Gasteiger partial charge in [-0.25, -0.2) is 0 Å². The number of nitrogens with two attached hydrogens (primary N) is 1. The molecule has 1 aliphatic carbocycles. The summed E-state index contributed by atoms with van der Waals surface area (Å²) < 4.78 is 0.937. The molecule has 1 aromatic carbocycles. The fourth-order valence-electron chi connectivity index (χ4n) is 3.40. The summed E-state index contributed by atoms with van der Waals surface area (Å²) in [6, 6.07) is 5.47. The molecule has 20 heavy (non-hydrogen) atoms. The lowest BCUT2D eigenvalue weighted by molar-refractivity contribution is -0.0663. The predicted octanol–water partition coefficient (Wildman–Crippen LogP) is 3.44. The van der Waals surface area contributed by atoms with E-state index in [9.17, 15) is 4.79 Å². The lowest BCUT2D eigenvalue weighted by Crippen LogP contribution is -2.76. The molecule has 1 amide bonds. The van der Waals surface area contributed by atoms with Crippen LogP contribution in [0.2, 0.25) is 5.02 Å². The minimum absolute atomic E-state index is 0.0514. The van der Waals surface area contributed by atoms with Gasteiger partial charge in [0.25, 0.3) is 5.91 Å². The molecule has 3 nitrogen and oxygen atoms in total. The number of amides is 1. The van der Waals surface area contributed by atoms with Crippen LogP contribution in [0.3, 0.4) is 0 Å². The number of hydrogen-bond acceptors (Lipinski definition) is 2. The van der Waals surface area contributed by atoms with Gasteiger partial charge in [-0.2, -0.15) is 0 Å². The van der Waals surface area contributed by atoms with Gasteiger partial charge in [-0.3, -0.25) is 4.79 Å². The third-order valence-corrected chi connectivity index (χ3v) is 6.12. The minimum Gasteiger partial charge on any atom is -0.348 e. The molecule has 0 saturated heterocycles. The zero-order valence-electron chi connectivity index (χ0n) is 12.1. The van der Waals surface area contributed by atoms with E-state index in [0.717, 1.165) is 3.57 Å². The molecule has 0 radical (unpaired) electrons. The van der Waals surface area contributed by atoms with Crippen LogP contribution in [0.4, 0.5) is 0 Å². The SMILES string of the molecule is CC1(C)C(N)C(C)(C)C1NC(=O)c1ccc(I)c(Cl)c1. The number of carbonyl (C=O) groups is 1. The summed E-state index contributed by atoms with van der Waals surface area (Å²) in [6.07, 6.45) is 0. The average Bonchev–Trinajstić information content (AvgIpc) is 2.37. The van der Waals surface area contributed by atoms with Gasteiger partial charge in [-0.1, -0.05) is 39.3 Å². The standard InChI is InChI=1S/C15H20ClIN2O/c1-14(2)12(18)15(3,4)13(14)19-11(20)8-5-6-10(17)9(16)7-8/h5-7,12-13H,18H2,1-4H3,(H,19,20). The molecule has 2 rings (SSSR count). The first-order valence-electron chi connectivity index (χ1n) is 6.60. The molecule has 0 spiro atoms. The molecule has 110 valence electrons. The quantitative estimate of drug-likeness (QED) is 0.739. The van der Waals surface area contributed by atoms with E-state index in [1.54, 1.807) is 12.1 Å². The lowest BCUT2D eigenvalue weighted by atomic mass is 9.48. The van der Waals surface area contributed by atoms with Crippen molar-refractivity contribution in [2.45, 2.75) is 39.8 Å². The van der Waals surface area contributed by atoms with Crippen LogP contribution in [0.1, 0.15) is 38.1 Å². The molecule has 1 aliphatic rings. The monoisotopic (exact) mass is 406 g/mol. The number of carbonyl (C=O) groups excluding carboxylic acids is 1. The van der Waals surface area contributed by atoms with Gasteiger partial charge in [0, 0.05) is 32.0 Å². The van der Waals surface area contributed by atoms with Crippen LogP contribution in [0, 0.1) is 14.4 Å². The van der Waals surface area contributed by atoms with Crippen molar-refractivity contribution in [1.29, 1.82) is 0 Å². The molecule has 1 aromatic rings. The zero-order chi connectivity index (χ0) is 15.3. The van der Waals surface area contributed by atoms with Gasteiger partial charge in [0.1, 0.15) is 0 Å². The Kier molecular flexibility index (Phi) is 4.13. The largest absolute Gasteiger partial charge is 0.348 e. The summed E-state index contributed by atoms with van der Waals surface area (Å²) in [6.45, 7) is 8.37. The molecule has 5 heteroatoms. The summed E-state index contributed by atoms with van der Waals surface area (Å²) >= 11 is 8.21. The van der Waals surface area contributed by atoms with Gasteiger partial charge < -0.3 is 11.1 Å². The third-order valence-electron chi connectivity index (χ3n) is 4.55. The molecule has 3 N–H and O–H groups in total. The van der Waals surface area contributed by atoms with E-state index in [2.05, 4.69) is 55.6 Å². The minimum atomic E-state index is -0.105. The van der Waals surface area contributed by atoms with Crippen LogP contribution in [-0.4, -0.2) is 18.0 Å². The Morgan fingerprint density at radius 3 is 2.35 bits per heavy atom. The van der Waals surface area contributed by atoms with Gasteiger partial charge in [0.15, 0.2) is 0 Å². The molecule has 0 heterocycles. The molecule has 0 bridgehead atoms. The summed E-state index contributed by atoms with van der Waals surface area (Å²) in [4.78, 5) is 12.4. The first-order valence-corrected chi connectivity index (χ1v) is 8.05. The Morgan fingerprint density at radius 1 is 1.30 bits per heavy atom. The van der Waals surface area contributed by atoms with Gasteiger partial charge in [0.2, 0.25) is 0 Å². The van der Waals surface area contributed by atoms with E-state index >= 15 is 0 Å². The maximum Gasteiger partial charge on any atom is 0.251 e. The molecule has 1 saturated carbocycles. The van der Waals surface area contributed by atoms with Crippen molar-refractivity contribution >= 4 is 40.1 Å². The highest BCUT2D eigenvalue weighted by Gasteiger charge is 2.60. The fourth-order valence-corrected chi connectivity index (χ4v) is 3.92. The summed E-state index contributed by atoms with van der Waals surface area (Å²) in [5.41, 5.74) is 6.59. The highest BCUT2D eigenvalue weighted by Crippen LogP contribution is 2.52. The van der Waals surface area contributed by atoms with E-state index in [-0.39, 0.29) is 28.8 Å². The molecule has 0 unspecified atom stereocenters. The fraction of sp³-hybridized carbons (Fsp3) is 0.533. The summed E-state index contributed by atoms with van der Waals surface area (Å²) in [7, 11) is 0. The molecule has 0 aromatic heterocycles. The van der Waals surface area contributed by atoms with E-state index in [1.165, 1.54) is 0 Å². The van der Waals surface area contributed by atoms with Crippen LogP contribution in [0.25, 0.3) is 0 Å². The van der Waals surface area contributed by atoms with E-state index in [4.69, 9.17) is 17.3 Å². The second-order valence-corrected chi connectivity index (χ2v) is 8.23. The van der Waals surface area contributed by atoms with Crippen molar-refractivity contribution in [3.63, 3.8) is 0 Å². The first kappa shape index (κ1) is 16.0. The van der Waals surface area contributed by atoms with Crippen LogP contribution in [0.15, 0.2) is 18.2 Å². The normalized spacial score (nSPS) is 26.8. The van der Waals surface area contributed by atoms with E-state index in [1.807, 2.05) is 6.07 Å². The molecule has 1 fully saturated rings. The van der Waals surface area contributed by atoms with E-state index in [0.29, 0.717) is 10.6 Å². The van der Waals surface area contributed by atoms with Crippen molar-refractivity contribution < 1.29 is 4.79 Å². The van der Waals surface area contributed by atoms with Crippen molar-refractivity contribution in [2.75, 3.05) is 0 Å². The molecule has 0 atom stereocenters. The highest BCUT2D eigenvalue weighted by atomic mass is 127. The number of nitrogens with one attached hydrogen (secondary N) is 1. The van der Waals surface area contributed by atoms with Gasteiger partial charge in [-0.05, 0) is 40.8 Å². The van der Waals surface area contributed by atoms with Crippen LogP contribution in [-0.2, 0) is 0 Å². The first-order chi connectivity index (χ1) is 9.08. The van der Waals surface area contributed by atoms with Crippen LogP contribution in [0.5, 0.6) is 0 Å². The maximum atomic E-state index is 12.4. The Bertz CT molecular complexity index is 541. The van der Waals surface area contributed by atoms with E-state index < -0.39 is 0 Å². The Labute approximate surface area is 138 Å². The van der Waals surface area contributed by atoms with Gasteiger partial charge >= 0.3 is 0 Å². The Morgan fingerprint density at radius 2 is 1.85 bits per heavy atom. The topological polar surface area (TPSA) is 55.1 Å². The highest BCUT2D eigenvalue weighted by molar-refractivity contribution is 14.1. The summed E-state index contributed by atoms with van der Waals surface area (Å²) in [5, 5.41) is 3.71. The predicted molar refractivity (Wildman–Crippen MR) is 91.0 cm³/mol. The lowest BCUT2D eigenvalue weighted by Gasteiger charge is -2.62. The van der Waals surface area contributed by atoms with Crippen molar-refractivity contribution in [3.8, 4) is 0 Å². The molecule has 0 aliphatic heterocycles. The maximum absolute atomic E-state index is 12.4. The number of halogens is 2. The Hall–Kier alpha value is -0.330. The van der Waals surface area contributed by atoms with Crippen molar-refractivity contribution in [1.82, 2.24) is 5.32 Å².